The largest absolute Gasteiger partial charge is 0.455 e. The Morgan fingerprint density at radius 1 is 0.447 bits per heavy atom. The average molecular weight is 618 g/mol. The Labute approximate surface area is 275 Å². The maximum Gasteiger partial charge on any atom is 0.143 e. The molecule has 47 heavy (non-hydrogen) atoms. The number of hydrogen-bond acceptors (Lipinski definition) is 3. The summed E-state index contributed by atoms with van der Waals surface area (Å²) in [5.41, 5.74) is 7.45. The van der Waals surface area contributed by atoms with Gasteiger partial charge in [-0.15, -0.1) is 11.3 Å². The molecule has 0 unspecified atom stereocenters. The summed E-state index contributed by atoms with van der Waals surface area (Å²) in [5, 5.41) is 9.79. The van der Waals surface area contributed by atoms with Crippen LogP contribution < -0.4 is 4.90 Å². The number of hydrogen-bond donors (Lipinski definition) is 0. The van der Waals surface area contributed by atoms with E-state index in [1.807, 2.05) is 23.5 Å². The maximum absolute atomic E-state index is 6.49. The van der Waals surface area contributed by atoms with Crippen molar-refractivity contribution in [1.82, 2.24) is 0 Å². The van der Waals surface area contributed by atoms with Crippen LogP contribution in [-0.4, -0.2) is 0 Å². The first-order valence-electron chi connectivity index (χ1n) is 15.9. The molecule has 0 saturated carbocycles. The summed E-state index contributed by atoms with van der Waals surface area (Å²) in [6, 6.07) is 59.0. The summed E-state index contributed by atoms with van der Waals surface area (Å²) in [6.45, 7) is 0. The molecule has 0 atom stereocenters. The van der Waals surface area contributed by atoms with Gasteiger partial charge < -0.3 is 9.32 Å². The van der Waals surface area contributed by atoms with Crippen LogP contribution in [0.25, 0.3) is 74.8 Å². The van der Waals surface area contributed by atoms with E-state index in [0.29, 0.717) is 0 Å². The number of anilines is 3. The molecule has 3 heteroatoms. The Kier molecular flexibility index (Phi) is 5.78. The van der Waals surface area contributed by atoms with E-state index in [-0.39, 0.29) is 0 Å². The normalized spacial score (nSPS) is 11.8. The molecule has 0 aliphatic carbocycles. The molecule has 0 N–H and O–H groups in total. The van der Waals surface area contributed by atoms with Crippen LogP contribution >= 0.6 is 11.3 Å². The zero-order valence-corrected chi connectivity index (χ0v) is 26.2. The molecule has 0 amide bonds. The molecule has 10 rings (SSSR count). The fourth-order valence-corrected chi connectivity index (χ4v) is 8.53. The van der Waals surface area contributed by atoms with E-state index >= 15 is 0 Å². The van der Waals surface area contributed by atoms with Crippen molar-refractivity contribution in [2.75, 3.05) is 4.90 Å². The van der Waals surface area contributed by atoms with Crippen molar-refractivity contribution in [1.29, 1.82) is 0 Å². The van der Waals surface area contributed by atoms with E-state index in [0.717, 1.165) is 44.4 Å². The highest BCUT2D eigenvalue weighted by molar-refractivity contribution is 7.26. The lowest BCUT2D eigenvalue weighted by atomic mass is 9.98. The molecular formula is C44H27NOS. The Morgan fingerprint density at radius 2 is 1.13 bits per heavy atom. The summed E-state index contributed by atoms with van der Waals surface area (Å²) < 4.78 is 9.06. The van der Waals surface area contributed by atoms with Crippen LogP contribution in [0.3, 0.4) is 0 Å². The average Bonchev–Trinajstić information content (AvgIpc) is 3.71. The van der Waals surface area contributed by atoms with Gasteiger partial charge in [0.2, 0.25) is 0 Å². The third kappa shape index (κ3) is 4.04. The Balaban J connectivity index is 1.28. The molecule has 0 aliphatic heterocycles. The number of fused-ring (bicyclic) bond motifs is 9. The van der Waals surface area contributed by atoms with Gasteiger partial charge in [0.15, 0.2) is 0 Å². The second-order valence-electron chi connectivity index (χ2n) is 12.1. The third-order valence-corrected chi connectivity index (χ3v) is 10.6. The number of para-hydroxylation sites is 2. The molecular weight excluding hydrogens is 591 g/mol. The van der Waals surface area contributed by atoms with Gasteiger partial charge in [0, 0.05) is 42.9 Å². The number of benzene rings is 8. The summed E-state index contributed by atoms with van der Waals surface area (Å²) in [7, 11) is 0. The van der Waals surface area contributed by atoms with Crippen molar-refractivity contribution in [3.8, 4) is 11.1 Å². The van der Waals surface area contributed by atoms with E-state index in [4.69, 9.17) is 4.42 Å². The molecule has 8 aromatic carbocycles. The molecule has 0 radical (unpaired) electrons. The Morgan fingerprint density at radius 3 is 2.04 bits per heavy atom. The standard InChI is InChI=1S/C44H27NOS/c1-2-15-31-29(12-1)27-40(34-17-4-3-16-33(31)34)45(39-23-11-22-38-36-19-6-8-25-42(36)47-44(38)39)30-14-9-13-28(26-30)32-20-10-21-37-35-18-5-7-24-41(35)46-43(32)37/h1-27H. The highest BCUT2D eigenvalue weighted by Crippen LogP contribution is 2.48. The van der Waals surface area contributed by atoms with E-state index in [2.05, 4.69) is 157 Å². The lowest BCUT2D eigenvalue weighted by Crippen LogP contribution is -2.11. The van der Waals surface area contributed by atoms with Crippen LogP contribution in [0, 0.1) is 0 Å². The number of thiophene rings is 1. The fraction of sp³-hybridized carbons (Fsp3) is 0. The molecule has 220 valence electrons. The number of rotatable bonds is 4. The van der Waals surface area contributed by atoms with E-state index in [9.17, 15) is 0 Å². The second kappa shape index (κ2) is 10.3. The number of furan rings is 1. The summed E-state index contributed by atoms with van der Waals surface area (Å²) in [4.78, 5) is 2.47. The Hall–Kier alpha value is -5.90. The van der Waals surface area contributed by atoms with Crippen LogP contribution in [0.5, 0.6) is 0 Å². The molecule has 10 aromatic rings. The minimum atomic E-state index is 0.909. The first-order valence-corrected chi connectivity index (χ1v) is 16.7. The predicted octanol–water partition coefficient (Wildman–Crippen LogP) is 13.4. The number of nitrogens with zero attached hydrogens (tertiary/aromatic N) is 1. The molecule has 2 heterocycles. The molecule has 2 aromatic heterocycles. The SMILES string of the molecule is c1cc(-c2cccc3c2oc2ccccc23)cc(N(c2cc3ccccc3c3ccccc23)c2cccc3c2sc2ccccc23)c1. The van der Waals surface area contributed by atoms with Crippen molar-refractivity contribution >= 4 is 92.1 Å². The fourth-order valence-electron chi connectivity index (χ4n) is 7.32. The lowest BCUT2D eigenvalue weighted by molar-refractivity contribution is 0.670. The summed E-state index contributed by atoms with van der Waals surface area (Å²) in [6.07, 6.45) is 0. The van der Waals surface area contributed by atoms with Gasteiger partial charge in [-0.1, -0.05) is 127 Å². The smallest absolute Gasteiger partial charge is 0.143 e. The first-order chi connectivity index (χ1) is 23.3. The van der Waals surface area contributed by atoms with Crippen molar-refractivity contribution < 1.29 is 4.42 Å². The molecule has 0 fully saturated rings. The van der Waals surface area contributed by atoms with Gasteiger partial charge in [0.25, 0.3) is 0 Å². The van der Waals surface area contributed by atoms with Crippen molar-refractivity contribution in [3.05, 3.63) is 164 Å². The Bertz CT molecular complexity index is 2820. The van der Waals surface area contributed by atoms with Crippen LogP contribution in [-0.2, 0) is 0 Å². The summed E-state index contributed by atoms with van der Waals surface area (Å²) in [5.74, 6) is 0. The molecule has 0 saturated heterocycles. The van der Waals surface area contributed by atoms with Gasteiger partial charge in [0.1, 0.15) is 11.2 Å². The van der Waals surface area contributed by atoms with E-state index in [1.54, 1.807) is 0 Å². The van der Waals surface area contributed by atoms with E-state index in [1.165, 1.54) is 47.4 Å². The minimum absolute atomic E-state index is 0.909. The predicted molar refractivity (Wildman–Crippen MR) is 202 cm³/mol. The van der Waals surface area contributed by atoms with Crippen LogP contribution in [0.1, 0.15) is 0 Å². The zero-order chi connectivity index (χ0) is 30.9. The van der Waals surface area contributed by atoms with Gasteiger partial charge >= 0.3 is 0 Å². The molecule has 0 spiro atoms. The maximum atomic E-state index is 6.49. The first kappa shape index (κ1) is 26.3. The van der Waals surface area contributed by atoms with Gasteiger partial charge in [0.05, 0.1) is 16.1 Å². The van der Waals surface area contributed by atoms with Gasteiger partial charge in [-0.05, 0) is 58.1 Å². The molecule has 0 bridgehead atoms. The highest BCUT2D eigenvalue weighted by Gasteiger charge is 2.22. The topological polar surface area (TPSA) is 16.4 Å². The second-order valence-corrected chi connectivity index (χ2v) is 13.1. The van der Waals surface area contributed by atoms with Crippen LogP contribution in [0.15, 0.2) is 168 Å². The third-order valence-electron chi connectivity index (χ3n) is 9.43. The highest BCUT2D eigenvalue weighted by atomic mass is 32.1. The monoisotopic (exact) mass is 617 g/mol. The van der Waals surface area contributed by atoms with E-state index < -0.39 is 0 Å². The zero-order valence-electron chi connectivity index (χ0n) is 25.4. The minimum Gasteiger partial charge on any atom is -0.455 e. The molecule has 2 nitrogen and oxygen atoms in total. The lowest BCUT2D eigenvalue weighted by Gasteiger charge is -2.28. The van der Waals surface area contributed by atoms with Gasteiger partial charge in [-0.2, -0.15) is 0 Å². The van der Waals surface area contributed by atoms with Crippen molar-refractivity contribution in [2.24, 2.45) is 0 Å². The van der Waals surface area contributed by atoms with Crippen molar-refractivity contribution in [2.45, 2.75) is 0 Å². The summed E-state index contributed by atoms with van der Waals surface area (Å²) >= 11 is 1.86. The van der Waals surface area contributed by atoms with Crippen LogP contribution in [0.2, 0.25) is 0 Å². The quantitative estimate of drug-likeness (QED) is 0.183. The van der Waals surface area contributed by atoms with Gasteiger partial charge in [-0.3, -0.25) is 0 Å². The molecule has 0 aliphatic rings. The van der Waals surface area contributed by atoms with Crippen LogP contribution in [0.4, 0.5) is 17.1 Å². The van der Waals surface area contributed by atoms with Crippen molar-refractivity contribution in [3.63, 3.8) is 0 Å². The van der Waals surface area contributed by atoms with Gasteiger partial charge in [-0.25, -0.2) is 0 Å².